The third kappa shape index (κ3) is 6.32. The van der Waals surface area contributed by atoms with Gasteiger partial charge in [-0.15, -0.1) is 6.42 Å². The van der Waals surface area contributed by atoms with Gasteiger partial charge in [-0.1, -0.05) is 67.9 Å². The van der Waals surface area contributed by atoms with Gasteiger partial charge >= 0.3 is 6.03 Å². The second-order valence-corrected chi connectivity index (χ2v) is 11.1. The summed E-state index contributed by atoms with van der Waals surface area (Å²) in [5, 5.41) is 21.2. The molecule has 0 saturated carbocycles. The fourth-order valence-corrected chi connectivity index (χ4v) is 6.00. The summed E-state index contributed by atoms with van der Waals surface area (Å²) < 4.78 is 1.74. The number of piperazine rings is 1. The Labute approximate surface area is 262 Å². The van der Waals surface area contributed by atoms with Gasteiger partial charge in [0.25, 0.3) is 0 Å². The first-order valence-electron chi connectivity index (χ1n) is 14.4. The van der Waals surface area contributed by atoms with Gasteiger partial charge in [0, 0.05) is 31.9 Å². The lowest BCUT2D eigenvalue weighted by atomic mass is 9.98. The molecule has 232 valence electrons. The molecule has 4 aromatic rings. The van der Waals surface area contributed by atoms with Crippen LogP contribution in [-0.4, -0.2) is 84.9 Å². The average Bonchev–Trinajstić information content (AvgIpc) is 3.41. The predicted octanol–water partition coefficient (Wildman–Crippen LogP) is 3.19. The van der Waals surface area contributed by atoms with E-state index in [2.05, 4.69) is 16.3 Å². The summed E-state index contributed by atoms with van der Waals surface area (Å²) in [4.78, 5) is 44.7. The van der Waals surface area contributed by atoms with Gasteiger partial charge in [-0.25, -0.2) is 14.8 Å². The number of carbonyl (C=O) groups excluding carboxylic acids is 3. The van der Waals surface area contributed by atoms with Gasteiger partial charge in [-0.3, -0.25) is 14.3 Å². The number of amides is 4. The first-order chi connectivity index (χ1) is 21.3. The Morgan fingerprint density at radius 1 is 1.04 bits per heavy atom. The van der Waals surface area contributed by atoms with E-state index in [9.17, 15) is 19.5 Å². The van der Waals surface area contributed by atoms with Crippen LogP contribution in [0, 0.1) is 12.3 Å². The van der Waals surface area contributed by atoms with Gasteiger partial charge in [-0.05, 0) is 34.9 Å². The lowest BCUT2D eigenvalue weighted by Crippen LogP contribution is -2.76. The van der Waals surface area contributed by atoms with Crippen molar-refractivity contribution >= 4 is 28.7 Å². The highest BCUT2D eigenvalue weighted by molar-refractivity contribution is 5.92. The van der Waals surface area contributed by atoms with Crippen LogP contribution in [0.2, 0.25) is 0 Å². The molecule has 2 atom stereocenters. The van der Waals surface area contributed by atoms with Crippen LogP contribution in [0.4, 0.5) is 4.79 Å². The quantitative estimate of drug-likeness (QED) is 0.312. The van der Waals surface area contributed by atoms with Crippen LogP contribution in [0.3, 0.4) is 0 Å². The largest absolute Gasteiger partial charge is 0.508 e. The summed E-state index contributed by atoms with van der Waals surface area (Å²) in [6.45, 7) is 0.980. The first-order valence-corrected chi connectivity index (χ1v) is 14.4. The van der Waals surface area contributed by atoms with Crippen LogP contribution in [0.15, 0.2) is 79.0 Å². The normalized spacial score (nSPS) is 18.4. The van der Waals surface area contributed by atoms with Crippen molar-refractivity contribution in [2.24, 2.45) is 0 Å². The number of phenols is 1. The Kier molecular flexibility index (Phi) is 9.06. The highest BCUT2D eigenvalue weighted by Crippen LogP contribution is 2.29. The minimum Gasteiger partial charge on any atom is -0.508 e. The Balaban J connectivity index is 0.00000400. The monoisotopic (exact) mass is 607 g/mol. The number of aromatic hydroxyl groups is 1. The van der Waals surface area contributed by atoms with Gasteiger partial charge in [0.05, 0.1) is 24.8 Å². The second kappa shape index (κ2) is 13.1. The molecule has 0 aliphatic carbocycles. The molecule has 2 saturated heterocycles. The number of hydrogen-bond acceptors (Lipinski definition) is 6. The maximum atomic E-state index is 14.2. The number of phenolic OH excluding ortho intramolecular Hbond substituents is 1. The molecular weight excluding hydrogens is 570 g/mol. The standard InChI is InChI=1S/C33H33N7O4.CH4/c1-3-15-38-28-17-25(9-12-26(28)19-35-38)20-37-21-30-39(29(32(37)43)16-23-10-13-27(41)14-11-23)31(42)22-36(2)40(30)33(44)34-18-24-7-5-4-6-8-24;/h1,4-14,17,19,29-30,41H,15-16,18,20-22H2,2H3,(H,34,44);1H4/t29-,30-;/m0./s1. The SMILES string of the molecule is C.C#CCn1ncc2ccc(CN3C[C@H]4N(C(=O)CN(C)N4C(=O)NCc4ccccc4)[C@@H](Cc4ccc(O)cc4)C3=O)cc21. The number of carbonyl (C=O) groups is 3. The van der Waals surface area contributed by atoms with E-state index in [4.69, 9.17) is 6.42 Å². The zero-order chi connectivity index (χ0) is 30.8. The number of aromatic nitrogens is 2. The molecule has 2 aliphatic heterocycles. The minimum absolute atomic E-state index is 0. The van der Waals surface area contributed by atoms with Crippen molar-refractivity contribution in [1.82, 2.24) is 34.9 Å². The molecule has 0 bridgehead atoms. The van der Waals surface area contributed by atoms with Crippen LogP contribution >= 0.6 is 0 Å². The molecule has 0 spiro atoms. The molecule has 2 aliphatic rings. The Morgan fingerprint density at radius 2 is 1.78 bits per heavy atom. The number of benzene rings is 3. The molecule has 6 rings (SSSR count). The van der Waals surface area contributed by atoms with Gasteiger partial charge < -0.3 is 20.2 Å². The summed E-state index contributed by atoms with van der Waals surface area (Å²) in [6, 6.07) is 20.8. The molecule has 4 amide bonds. The first kappa shape index (κ1) is 31.1. The fraction of sp³-hybridized carbons (Fsp3) is 0.294. The number of likely N-dealkylation sites (N-methyl/N-ethyl adjacent to an activating group) is 1. The Bertz CT molecular complexity index is 1730. The molecule has 3 aromatic carbocycles. The molecule has 1 aromatic heterocycles. The van der Waals surface area contributed by atoms with Crippen molar-refractivity contribution in [3.8, 4) is 18.1 Å². The van der Waals surface area contributed by atoms with Crippen LogP contribution in [0.5, 0.6) is 5.75 Å². The summed E-state index contributed by atoms with van der Waals surface area (Å²) in [5.74, 6) is 2.27. The average molecular weight is 608 g/mol. The van der Waals surface area contributed by atoms with Crippen LogP contribution in [0.1, 0.15) is 24.1 Å². The van der Waals surface area contributed by atoms with Crippen molar-refractivity contribution in [2.45, 2.75) is 45.7 Å². The predicted molar refractivity (Wildman–Crippen MR) is 170 cm³/mol. The number of fused-ring (bicyclic) bond motifs is 2. The lowest BCUT2D eigenvalue weighted by molar-refractivity contribution is -0.187. The third-order valence-corrected chi connectivity index (χ3v) is 8.12. The van der Waals surface area contributed by atoms with Crippen molar-refractivity contribution in [2.75, 3.05) is 20.1 Å². The van der Waals surface area contributed by atoms with E-state index in [1.54, 1.807) is 62.0 Å². The summed E-state index contributed by atoms with van der Waals surface area (Å²) in [5.41, 5.74) is 3.46. The number of hydrazine groups is 1. The van der Waals surface area contributed by atoms with Crippen molar-refractivity contribution in [3.05, 3.63) is 95.7 Å². The highest BCUT2D eigenvalue weighted by atomic mass is 16.3. The second-order valence-electron chi connectivity index (χ2n) is 11.1. The third-order valence-electron chi connectivity index (χ3n) is 8.12. The van der Waals surface area contributed by atoms with Gasteiger partial charge in [0.2, 0.25) is 11.8 Å². The molecule has 2 N–H and O–H groups in total. The maximum absolute atomic E-state index is 14.2. The van der Waals surface area contributed by atoms with Crippen LogP contribution in [0.25, 0.3) is 10.9 Å². The Morgan fingerprint density at radius 3 is 2.51 bits per heavy atom. The van der Waals surface area contributed by atoms with Gasteiger partial charge in [0.1, 0.15) is 24.5 Å². The number of urea groups is 1. The number of nitrogens with one attached hydrogen (secondary N) is 1. The fourth-order valence-electron chi connectivity index (χ4n) is 6.00. The molecule has 11 heteroatoms. The van der Waals surface area contributed by atoms with Crippen molar-refractivity contribution < 1.29 is 19.5 Å². The van der Waals surface area contributed by atoms with E-state index >= 15 is 0 Å². The van der Waals surface area contributed by atoms with Crippen molar-refractivity contribution in [1.29, 1.82) is 0 Å². The molecule has 0 unspecified atom stereocenters. The molecule has 45 heavy (non-hydrogen) atoms. The van der Waals surface area contributed by atoms with E-state index < -0.39 is 12.2 Å². The zero-order valence-electron chi connectivity index (χ0n) is 24.3. The van der Waals surface area contributed by atoms with E-state index in [-0.39, 0.29) is 57.1 Å². The Hall–Kier alpha value is -5.34. The van der Waals surface area contributed by atoms with E-state index in [0.717, 1.165) is 27.6 Å². The molecule has 3 heterocycles. The van der Waals surface area contributed by atoms with Crippen LogP contribution < -0.4 is 5.32 Å². The smallest absolute Gasteiger partial charge is 0.334 e. The topological polar surface area (TPSA) is 114 Å². The number of hydrogen-bond donors (Lipinski definition) is 2. The lowest BCUT2D eigenvalue weighted by Gasteiger charge is -2.54. The van der Waals surface area contributed by atoms with Gasteiger partial charge in [-0.2, -0.15) is 5.10 Å². The summed E-state index contributed by atoms with van der Waals surface area (Å²) in [7, 11) is 1.70. The zero-order valence-corrected chi connectivity index (χ0v) is 24.3. The van der Waals surface area contributed by atoms with E-state index in [0.29, 0.717) is 13.1 Å². The van der Waals surface area contributed by atoms with E-state index in [1.807, 2.05) is 48.5 Å². The summed E-state index contributed by atoms with van der Waals surface area (Å²) >= 11 is 0. The molecule has 2 fully saturated rings. The molecular formula is C34H37N7O4. The number of nitrogens with zero attached hydrogens (tertiary/aromatic N) is 6. The minimum atomic E-state index is -0.848. The number of terminal acetylenes is 1. The van der Waals surface area contributed by atoms with Gasteiger partial charge in [0.15, 0.2) is 0 Å². The van der Waals surface area contributed by atoms with E-state index in [1.165, 1.54) is 0 Å². The molecule has 0 radical (unpaired) electrons. The summed E-state index contributed by atoms with van der Waals surface area (Å²) in [6.07, 6.45) is 6.78. The molecule has 11 nitrogen and oxygen atoms in total. The maximum Gasteiger partial charge on any atom is 0.334 e. The number of rotatable bonds is 7. The highest BCUT2D eigenvalue weighted by Gasteiger charge is 2.50. The van der Waals surface area contributed by atoms with Crippen LogP contribution in [-0.2, 0) is 35.6 Å². The van der Waals surface area contributed by atoms with Crippen molar-refractivity contribution in [3.63, 3.8) is 0 Å².